The molecule has 0 radical (unpaired) electrons. The summed E-state index contributed by atoms with van der Waals surface area (Å²) >= 11 is 0. The fraction of sp³-hybridized carbons (Fsp3) is 0.375. The Morgan fingerprint density at radius 3 is 2.44 bits per heavy atom. The molecule has 0 bridgehead atoms. The van der Waals surface area contributed by atoms with Crippen LogP contribution in [0.1, 0.15) is 40.5 Å². The van der Waals surface area contributed by atoms with E-state index in [4.69, 9.17) is 0 Å². The van der Waals surface area contributed by atoms with E-state index in [1.165, 1.54) is 0 Å². The highest BCUT2D eigenvalue weighted by atomic mass is 16.2. The molecule has 2 heterocycles. The van der Waals surface area contributed by atoms with Gasteiger partial charge in [0.25, 0.3) is 11.8 Å². The highest BCUT2D eigenvalue weighted by Crippen LogP contribution is 2.23. The molecule has 3 aromatic rings. The Bertz CT molecular complexity index is 1080. The maximum Gasteiger partial charge on any atom is 0.256 e. The lowest BCUT2D eigenvalue weighted by molar-refractivity contribution is 0.0952. The van der Waals surface area contributed by atoms with E-state index in [0.29, 0.717) is 28.9 Å². The number of piperazine rings is 1. The number of H-pyrrole nitrogens is 1. The Morgan fingerprint density at radius 2 is 1.72 bits per heavy atom. The van der Waals surface area contributed by atoms with Crippen LogP contribution in [0.4, 0.5) is 11.5 Å². The summed E-state index contributed by atoms with van der Waals surface area (Å²) in [7, 11) is 2.13. The summed E-state index contributed by atoms with van der Waals surface area (Å²) in [6, 6.07) is 13.0. The first-order chi connectivity index (χ1) is 15.5. The van der Waals surface area contributed by atoms with Crippen molar-refractivity contribution in [2.24, 2.45) is 0 Å². The maximum absolute atomic E-state index is 12.8. The molecule has 32 heavy (non-hydrogen) atoms. The number of carbonyl (C=O) groups is 2. The van der Waals surface area contributed by atoms with Crippen LogP contribution in [-0.2, 0) is 0 Å². The summed E-state index contributed by atoms with van der Waals surface area (Å²) in [6.07, 6.45) is 1.96. The topological polar surface area (TPSA) is 93.4 Å². The fourth-order valence-corrected chi connectivity index (χ4v) is 3.80. The molecule has 0 atom stereocenters. The fourth-order valence-electron chi connectivity index (χ4n) is 3.80. The van der Waals surface area contributed by atoms with Gasteiger partial charge in [-0.3, -0.25) is 14.7 Å². The largest absolute Gasteiger partial charge is 0.369 e. The van der Waals surface area contributed by atoms with Gasteiger partial charge in [-0.05, 0) is 55.9 Å². The third-order valence-electron chi connectivity index (χ3n) is 5.87. The van der Waals surface area contributed by atoms with Crippen molar-refractivity contribution in [3.05, 3.63) is 53.6 Å². The van der Waals surface area contributed by atoms with Crippen LogP contribution in [0.3, 0.4) is 0 Å². The third-order valence-corrected chi connectivity index (χ3v) is 5.87. The number of hydrogen-bond donors (Lipinski definition) is 3. The van der Waals surface area contributed by atoms with Crippen LogP contribution in [-0.4, -0.2) is 66.7 Å². The van der Waals surface area contributed by atoms with Crippen LogP contribution in [0.25, 0.3) is 10.9 Å². The van der Waals surface area contributed by atoms with Gasteiger partial charge in [-0.25, -0.2) is 0 Å². The van der Waals surface area contributed by atoms with Crippen molar-refractivity contribution in [3.8, 4) is 0 Å². The standard InChI is InChI=1S/C24H30N6O2/c1-3-4-11-25-23(31)18-7-10-21-20(16-18)22(28-27-21)26-24(32)17-5-8-19(9-6-17)30-14-12-29(2)13-15-30/h5-10,16H,3-4,11-15H2,1-2H3,(H,25,31)(H2,26,27,28,32). The molecule has 1 aliphatic rings. The van der Waals surface area contributed by atoms with Crippen LogP contribution in [0.15, 0.2) is 42.5 Å². The molecule has 8 heteroatoms. The van der Waals surface area contributed by atoms with Crippen LogP contribution in [0, 0.1) is 0 Å². The Morgan fingerprint density at radius 1 is 1.00 bits per heavy atom. The predicted octanol–water partition coefficient (Wildman–Crippen LogP) is 3.10. The SMILES string of the molecule is CCCCNC(=O)c1ccc2[nH]nc(NC(=O)c3ccc(N4CCN(C)CC4)cc3)c2c1. The number of aromatic amines is 1. The van der Waals surface area contributed by atoms with Gasteiger partial charge in [0.05, 0.1) is 5.52 Å². The average Bonchev–Trinajstić information content (AvgIpc) is 3.21. The Hall–Kier alpha value is -3.39. The summed E-state index contributed by atoms with van der Waals surface area (Å²) in [6.45, 7) is 6.76. The lowest BCUT2D eigenvalue weighted by atomic mass is 10.1. The molecule has 2 amide bonds. The number of unbranched alkanes of at least 4 members (excludes halogenated alkanes) is 1. The number of likely N-dealkylation sites (N-methyl/N-ethyl adjacent to an activating group) is 1. The summed E-state index contributed by atoms with van der Waals surface area (Å²) in [5.74, 6) is 0.0517. The van der Waals surface area contributed by atoms with Gasteiger partial charge in [0.1, 0.15) is 0 Å². The summed E-state index contributed by atoms with van der Waals surface area (Å²) < 4.78 is 0. The molecule has 1 saturated heterocycles. The lowest BCUT2D eigenvalue weighted by Gasteiger charge is -2.34. The zero-order chi connectivity index (χ0) is 22.5. The molecule has 3 N–H and O–H groups in total. The van der Waals surface area contributed by atoms with Crippen LogP contribution >= 0.6 is 0 Å². The molecule has 1 fully saturated rings. The van der Waals surface area contributed by atoms with E-state index in [9.17, 15) is 9.59 Å². The molecule has 1 aromatic heterocycles. The molecule has 0 unspecified atom stereocenters. The summed E-state index contributed by atoms with van der Waals surface area (Å²) in [5, 5.41) is 13.6. The maximum atomic E-state index is 12.8. The predicted molar refractivity (Wildman–Crippen MR) is 127 cm³/mol. The van der Waals surface area contributed by atoms with Gasteiger partial charge < -0.3 is 20.4 Å². The molecule has 2 aromatic carbocycles. The first-order valence-corrected chi connectivity index (χ1v) is 11.2. The van der Waals surface area contributed by atoms with Gasteiger partial charge in [-0.1, -0.05) is 13.3 Å². The van der Waals surface area contributed by atoms with E-state index in [0.717, 1.165) is 50.2 Å². The van der Waals surface area contributed by atoms with E-state index in [-0.39, 0.29) is 11.8 Å². The normalized spacial score (nSPS) is 14.5. The van der Waals surface area contributed by atoms with E-state index < -0.39 is 0 Å². The smallest absolute Gasteiger partial charge is 0.256 e. The molecule has 0 aliphatic carbocycles. The molecule has 8 nitrogen and oxygen atoms in total. The quantitative estimate of drug-likeness (QED) is 0.497. The molecule has 0 spiro atoms. The molecule has 0 saturated carbocycles. The van der Waals surface area contributed by atoms with Gasteiger partial charge in [-0.15, -0.1) is 0 Å². The van der Waals surface area contributed by atoms with Crippen molar-refractivity contribution in [2.75, 3.05) is 50.0 Å². The van der Waals surface area contributed by atoms with Crippen LogP contribution in [0.5, 0.6) is 0 Å². The zero-order valence-electron chi connectivity index (χ0n) is 18.6. The highest BCUT2D eigenvalue weighted by Gasteiger charge is 2.16. The second kappa shape index (κ2) is 9.82. The number of hydrogen-bond acceptors (Lipinski definition) is 5. The minimum Gasteiger partial charge on any atom is -0.369 e. The number of nitrogens with one attached hydrogen (secondary N) is 3. The number of anilines is 2. The van der Waals surface area contributed by atoms with Crippen LogP contribution in [0.2, 0.25) is 0 Å². The van der Waals surface area contributed by atoms with Crippen molar-refractivity contribution in [3.63, 3.8) is 0 Å². The number of aromatic nitrogens is 2. The lowest BCUT2D eigenvalue weighted by Crippen LogP contribution is -2.44. The molecular weight excluding hydrogens is 404 g/mol. The summed E-state index contributed by atoms with van der Waals surface area (Å²) in [4.78, 5) is 29.8. The number of carbonyl (C=O) groups excluding carboxylic acids is 2. The number of rotatable bonds is 7. The van der Waals surface area contributed by atoms with Gasteiger partial charge >= 0.3 is 0 Å². The molecular formula is C24H30N6O2. The molecule has 168 valence electrons. The van der Waals surface area contributed by atoms with E-state index in [1.54, 1.807) is 18.2 Å². The number of amides is 2. The van der Waals surface area contributed by atoms with Crippen molar-refractivity contribution < 1.29 is 9.59 Å². The van der Waals surface area contributed by atoms with E-state index >= 15 is 0 Å². The second-order valence-electron chi connectivity index (χ2n) is 8.23. The van der Waals surface area contributed by atoms with Gasteiger partial charge in [0, 0.05) is 54.9 Å². The number of benzene rings is 2. The van der Waals surface area contributed by atoms with Gasteiger partial charge in [0.15, 0.2) is 5.82 Å². The number of fused-ring (bicyclic) bond motifs is 1. The zero-order valence-corrected chi connectivity index (χ0v) is 18.6. The van der Waals surface area contributed by atoms with Crippen molar-refractivity contribution >= 4 is 34.2 Å². The first kappa shape index (κ1) is 21.8. The summed E-state index contributed by atoms with van der Waals surface area (Å²) in [5.41, 5.74) is 2.99. The number of nitrogens with zero attached hydrogens (tertiary/aromatic N) is 3. The van der Waals surface area contributed by atoms with Gasteiger partial charge in [0.2, 0.25) is 0 Å². The first-order valence-electron chi connectivity index (χ1n) is 11.2. The Labute approximate surface area is 188 Å². The Kier molecular flexibility index (Phi) is 6.70. The van der Waals surface area contributed by atoms with E-state index in [1.807, 2.05) is 24.3 Å². The highest BCUT2D eigenvalue weighted by molar-refractivity contribution is 6.09. The Balaban J connectivity index is 1.45. The molecule has 4 rings (SSSR count). The minimum atomic E-state index is -0.235. The van der Waals surface area contributed by atoms with Gasteiger partial charge in [-0.2, -0.15) is 5.10 Å². The molecule has 1 aliphatic heterocycles. The van der Waals surface area contributed by atoms with Crippen molar-refractivity contribution in [2.45, 2.75) is 19.8 Å². The second-order valence-corrected chi connectivity index (χ2v) is 8.23. The van der Waals surface area contributed by atoms with Crippen molar-refractivity contribution in [1.29, 1.82) is 0 Å². The van der Waals surface area contributed by atoms with E-state index in [2.05, 4.69) is 44.6 Å². The average molecular weight is 435 g/mol. The van der Waals surface area contributed by atoms with Crippen LogP contribution < -0.4 is 15.5 Å². The minimum absolute atomic E-state index is 0.127. The van der Waals surface area contributed by atoms with Crippen molar-refractivity contribution in [1.82, 2.24) is 20.4 Å². The third kappa shape index (κ3) is 4.91. The monoisotopic (exact) mass is 434 g/mol.